The first kappa shape index (κ1) is 19.8. The molecule has 28 heavy (non-hydrogen) atoms. The van der Waals surface area contributed by atoms with E-state index >= 15 is 0 Å². The average Bonchev–Trinajstić information content (AvgIpc) is 2.69. The van der Waals surface area contributed by atoms with Crippen LogP contribution in [0.4, 0.5) is 0 Å². The van der Waals surface area contributed by atoms with Crippen LogP contribution in [0.2, 0.25) is 0 Å². The van der Waals surface area contributed by atoms with Gasteiger partial charge in [0.25, 0.3) is 11.8 Å². The predicted molar refractivity (Wildman–Crippen MR) is 106 cm³/mol. The van der Waals surface area contributed by atoms with Crippen molar-refractivity contribution >= 4 is 27.7 Å². The van der Waals surface area contributed by atoms with Gasteiger partial charge in [-0.3, -0.25) is 9.59 Å². The topological polar surface area (TPSA) is 118 Å². The summed E-state index contributed by atoms with van der Waals surface area (Å²) in [7, 11) is 0. The Balaban J connectivity index is 1.56. The van der Waals surface area contributed by atoms with Crippen LogP contribution < -0.4 is 15.8 Å². The maximum absolute atomic E-state index is 12.5. The molecule has 0 saturated heterocycles. The van der Waals surface area contributed by atoms with E-state index in [0.29, 0.717) is 15.6 Å². The summed E-state index contributed by atoms with van der Waals surface area (Å²) in [6.07, 6.45) is 4.41. The molecular weight excluding hydrogens is 424 g/mol. The largest absolute Gasteiger partial charge is 0.474 e. The summed E-state index contributed by atoms with van der Waals surface area (Å²) < 4.78 is 6.55. The molecule has 8 heteroatoms. The molecule has 0 atom stereocenters. The number of nitriles is 1. The molecule has 1 aromatic heterocycles. The molecule has 0 unspecified atom stereocenters. The fraction of sp³-hybridized carbons (Fsp3) is 0.300. The zero-order valence-corrected chi connectivity index (χ0v) is 16.6. The molecule has 3 N–H and O–H groups in total. The van der Waals surface area contributed by atoms with Gasteiger partial charge in [-0.2, -0.15) is 5.26 Å². The molecule has 1 aliphatic rings. The van der Waals surface area contributed by atoms with Gasteiger partial charge in [-0.15, -0.1) is 0 Å². The SMILES string of the molecule is N#Cc1cc(Br)cc(C(=O)NC2CCC(Oc3ncccc3C(N)=O)CC2)c1. The van der Waals surface area contributed by atoms with Crippen molar-refractivity contribution in [2.45, 2.75) is 37.8 Å². The lowest BCUT2D eigenvalue weighted by Gasteiger charge is -2.29. The number of halogens is 1. The third-order valence-electron chi connectivity index (χ3n) is 4.61. The molecule has 2 amide bonds. The van der Waals surface area contributed by atoms with Gasteiger partial charge in [0.15, 0.2) is 0 Å². The Morgan fingerprint density at radius 1 is 1.25 bits per heavy atom. The van der Waals surface area contributed by atoms with Crippen molar-refractivity contribution in [3.05, 3.63) is 57.7 Å². The van der Waals surface area contributed by atoms with Crippen LogP contribution >= 0.6 is 15.9 Å². The lowest BCUT2D eigenvalue weighted by atomic mass is 9.92. The van der Waals surface area contributed by atoms with Crippen molar-refractivity contribution < 1.29 is 14.3 Å². The summed E-state index contributed by atoms with van der Waals surface area (Å²) in [6.45, 7) is 0. The zero-order chi connectivity index (χ0) is 20.1. The summed E-state index contributed by atoms with van der Waals surface area (Å²) >= 11 is 3.32. The smallest absolute Gasteiger partial charge is 0.254 e. The number of nitrogens with two attached hydrogens (primary N) is 1. The Labute approximate surface area is 171 Å². The highest BCUT2D eigenvalue weighted by atomic mass is 79.9. The molecule has 1 saturated carbocycles. The van der Waals surface area contributed by atoms with Gasteiger partial charge in [-0.25, -0.2) is 4.98 Å². The van der Waals surface area contributed by atoms with E-state index in [9.17, 15) is 9.59 Å². The lowest BCUT2D eigenvalue weighted by molar-refractivity contribution is 0.0881. The van der Waals surface area contributed by atoms with Crippen molar-refractivity contribution in [2.24, 2.45) is 5.73 Å². The van der Waals surface area contributed by atoms with E-state index in [2.05, 4.69) is 26.2 Å². The van der Waals surface area contributed by atoms with E-state index in [-0.39, 0.29) is 29.5 Å². The molecule has 1 aliphatic carbocycles. The number of benzene rings is 1. The number of primary amides is 1. The van der Waals surface area contributed by atoms with Crippen LogP contribution in [0, 0.1) is 11.3 Å². The van der Waals surface area contributed by atoms with Crippen LogP contribution in [0.3, 0.4) is 0 Å². The van der Waals surface area contributed by atoms with E-state index in [1.165, 1.54) is 0 Å². The highest BCUT2D eigenvalue weighted by Gasteiger charge is 2.25. The Kier molecular flexibility index (Phi) is 6.26. The predicted octanol–water partition coefficient (Wildman–Crippen LogP) is 2.93. The summed E-state index contributed by atoms with van der Waals surface area (Å²) in [5, 5.41) is 12.1. The average molecular weight is 443 g/mol. The molecule has 0 spiro atoms. The molecule has 1 aromatic carbocycles. The van der Waals surface area contributed by atoms with E-state index in [1.807, 2.05) is 6.07 Å². The van der Waals surface area contributed by atoms with Gasteiger partial charge in [-0.05, 0) is 56.0 Å². The summed E-state index contributed by atoms with van der Waals surface area (Å²) in [5.41, 5.74) is 6.49. The molecule has 2 aromatic rings. The molecule has 7 nitrogen and oxygen atoms in total. The minimum atomic E-state index is -0.574. The summed E-state index contributed by atoms with van der Waals surface area (Å²) in [4.78, 5) is 28.1. The Morgan fingerprint density at radius 3 is 2.68 bits per heavy atom. The summed E-state index contributed by atoms with van der Waals surface area (Å²) in [5.74, 6) is -0.529. The van der Waals surface area contributed by atoms with E-state index in [0.717, 1.165) is 25.7 Å². The number of pyridine rings is 1. The number of amides is 2. The van der Waals surface area contributed by atoms with Gasteiger partial charge in [0, 0.05) is 22.3 Å². The van der Waals surface area contributed by atoms with Gasteiger partial charge in [0.1, 0.15) is 11.7 Å². The molecule has 1 heterocycles. The first-order valence-corrected chi connectivity index (χ1v) is 9.68. The monoisotopic (exact) mass is 442 g/mol. The van der Waals surface area contributed by atoms with Gasteiger partial charge in [0.2, 0.25) is 5.88 Å². The Hall–Kier alpha value is -2.92. The fourth-order valence-corrected chi connectivity index (χ4v) is 3.70. The highest BCUT2D eigenvalue weighted by Crippen LogP contribution is 2.25. The number of carbonyl (C=O) groups excluding carboxylic acids is 2. The van der Waals surface area contributed by atoms with E-state index in [4.69, 9.17) is 15.7 Å². The molecule has 3 rings (SSSR count). The van der Waals surface area contributed by atoms with Gasteiger partial charge >= 0.3 is 0 Å². The van der Waals surface area contributed by atoms with Gasteiger partial charge in [0.05, 0.1) is 11.6 Å². The van der Waals surface area contributed by atoms with E-state index in [1.54, 1.807) is 36.5 Å². The second-order valence-corrected chi connectivity index (χ2v) is 7.54. The van der Waals surface area contributed by atoms with Crippen molar-refractivity contribution in [2.75, 3.05) is 0 Å². The van der Waals surface area contributed by atoms with Crippen molar-refractivity contribution in [1.29, 1.82) is 5.26 Å². The van der Waals surface area contributed by atoms with Crippen LogP contribution in [-0.2, 0) is 0 Å². The number of nitrogens with one attached hydrogen (secondary N) is 1. The fourth-order valence-electron chi connectivity index (χ4n) is 3.21. The van der Waals surface area contributed by atoms with Crippen LogP contribution in [-0.4, -0.2) is 28.9 Å². The Bertz CT molecular complexity index is 933. The molecule has 144 valence electrons. The molecule has 1 fully saturated rings. The first-order valence-electron chi connectivity index (χ1n) is 8.89. The Morgan fingerprint density at radius 2 is 2.00 bits per heavy atom. The maximum atomic E-state index is 12.5. The minimum Gasteiger partial charge on any atom is -0.474 e. The summed E-state index contributed by atoms with van der Waals surface area (Å²) in [6, 6.07) is 10.2. The third kappa shape index (κ3) is 4.87. The number of ether oxygens (including phenoxy) is 1. The number of hydrogen-bond acceptors (Lipinski definition) is 5. The number of hydrogen-bond donors (Lipinski definition) is 2. The standard InChI is InChI=1S/C20H19BrN4O3/c21-14-9-12(11-22)8-13(10-14)19(27)25-15-3-5-16(6-4-15)28-20-17(18(23)26)2-1-7-24-20/h1-2,7-10,15-16H,3-6H2,(H2,23,26)(H,25,27). The lowest BCUT2D eigenvalue weighted by Crippen LogP contribution is -2.39. The van der Waals surface area contributed by atoms with Crippen LogP contribution in [0.25, 0.3) is 0 Å². The molecular formula is C20H19BrN4O3. The number of rotatable bonds is 5. The third-order valence-corrected chi connectivity index (χ3v) is 5.07. The van der Waals surface area contributed by atoms with Gasteiger partial charge in [-0.1, -0.05) is 15.9 Å². The van der Waals surface area contributed by atoms with Crippen LogP contribution in [0.1, 0.15) is 52.0 Å². The number of aromatic nitrogens is 1. The highest BCUT2D eigenvalue weighted by molar-refractivity contribution is 9.10. The minimum absolute atomic E-state index is 0.0243. The number of carbonyl (C=O) groups is 2. The maximum Gasteiger partial charge on any atom is 0.254 e. The molecule has 0 aliphatic heterocycles. The molecule has 0 radical (unpaired) electrons. The van der Waals surface area contributed by atoms with Crippen molar-refractivity contribution in [1.82, 2.24) is 10.3 Å². The second kappa shape index (κ2) is 8.85. The quantitative estimate of drug-likeness (QED) is 0.737. The van der Waals surface area contributed by atoms with Gasteiger partial charge < -0.3 is 15.8 Å². The van der Waals surface area contributed by atoms with Crippen molar-refractivity contribution in [3.8, 4) is 11.9 Å². The normalized spacial score (nSPS) is 18.7. The second-order valence-electron chi connectivity index (χ2n) is 6.63. The first-order chi connectivity index (χ1) is 13.5. The zero-order valence-electron chi connectivity index (χ0n) is 15.0. The van der Waals surface area contributed by atoms with Crippen LogP contribution in [0.15, 0.2) is 41.0 Å². The van der Waals surface area contributed by atoms with Crippen LogP contribution in [0.5, 0.6) is 5.88 Å². The van der Waals surface area contributed by atoms with E-state index < -0.39 is 5.91 Å². The van der Waals surface area contributed by atoms with Crippen molar-refractivity contribution in [3.63, 3.8) is 0 Å². The number of nitrogens with zero attached hydrogens (tertiary/aromatic N) is 2. The molecule has 0 bridgehead atoms.